The average molecular weight is 183 g/mol. The maximum atomic E-state index is 11.8. The lowest BCUT2D eigenvalue weighted by Gasteiger charge is -2.26. The minimum atomic E-state index is -0.0221. The van der Waals surface area contributed by atoms with Crippen LogP contribution in [-0.4, -0.2) is 43.4 Å². The van der Waals surface area contributed by atoms with E-state index in [-0.39, 0.29) is 17.9 Å². The van der Waals surface area contributed by atoms with Crippen LogP contribution in [0.15, 0.2) is 0 Å². The molecule has 0 aliphatic carbocycles. The Bertz CT molecular complexity index is 174. The van der Waals surface area contributed by atoms with E-state index in [0.717, 1.165) is 25.8 Å². The zero-order valence-corrected chi connectivity index (χ0v) is 8.79. The molecule has 0 aromatic rings. The fraction of sp³-hybridized carbons (Fsp3) is 0.900. The van der Waals surface area contributed by atoms with Crippen LogP contribution in [0.3, 0.4) is 0 Å². The van der Waals surface area contributed by atoms with E-state index in [1.807, 2.05) is 25.9 Å². The average Bonchev–Trinajstić information content (AvgIpc) is 2.17. The number of ketones is 1. The molecule has 2 atom stereocenters. The fourth-order valence-electron chi connectivity index (χ4n) is 1.55. The van der Waals surface area contributed by atoms with Crippen molar-refractivity contribution in [1.82, 2.24) is 10.2 Å². The van der Waals surface area contributed by atoms with Gasteiger partial charge in [0.1, 0.15) is 0 Å². The summed E-state index contributed by atoms with van der Waals surface area (Å²) in [7, 11) is 3.87. The molecule has 0 bridgehead atoms. The van der Waals surface area contributed by atoms with Crippen LogP contribution >= 0.6 is 0 Å². The molecule has 1 rings (SSSR count). The smallest absolute Gasteiger partial charge is 0.168 e. The number of hydrogen-bond acceptors (Lipinski definition) is 2. The summed E-state index contributed by atoms with van der Waals surface area (Å²) in [5.41, 5.74) is 0. The summed E-state index contributed by atoms with van der Waals surface area (Å²) in [6, 6.07) is -0.0157. The van der Waals surface area contributed by atoms with Crippen LogP contribution < -0.4 is 5.32 Å². The standard InChI is InChI=1S/C10H19N2O/c1-8(12(2)3)10(13)9-6-4-5-7-11-9/h8-9H,4-7H2,1-3H3. The number of hydrogen-bond donors (Lipinski definition) is 0. The fourth-order valence-corrected chi connectivity index (χ4v) is 1.55. The summed E-state index contributed by atoms with van der Waals surface area (Å²) < 4.78 is 0. The number of carbonyl (C=O) groups is 1. The molecular weight excluding hydrogens is 164 g/mol. The number of carbonyl (C=O) groups excluding carboxylic acids is 1. The number of nitrogens with zero attached hydrogens (tertiary/aromatic N) is 2. The van der Waals surface area contributed by atoms with Crippen LogP contribution in [0.4, 0.5) is 0 Å². The van der Waals surface area contributed by atoms with Crippen LogP contribution in [0.2, 0.25) is 0 Å². The van der Waals surface area contributed by atoms with Crippen LogP contribution in [0.25, 0.3) is 0 Å². The molecule has 0 aromatic carbocycles. The highest BCUT2D eigenvalue weighted by Crippen LogP contribution is 2.12. The van der Waals surface area contributed by atoms with Crippen molar-refractivity contribution >= 4 is 5.78 Å². The molecule has 75 valence electrons. The summed E-state index contributed by atoms with van der Waals surface area (Å²) in [5.74, 6) is 0.282. The second-order valence-electron chi connectivity index (χ2n) is 3.96. The summed E-state index contributed by atoms with van der Waals surface area (Å²) in [4.78, 5) is 13.8. The lowest BCUT2D eigenvalue weighted by Crippen LogP contribution is -2.45. The third kappa shape index (κ3) is 2.78. The minimum Gasteiger partial charge on any atom is -0.300 e. The van der Waals surface area contributed by atoms with Gasteiger partial charge >= 0.3 is 0 Å². The maximum Gasteiger partial charge on any atom is 0.168 e. The lowest BCUT2D eigenvalue weighted by atomic mass is 9.97. The summed E-state index contributed by atoms with van der Waals surface area (Å²) in [6.07, 6.45) is 3.26. The van der Waals surface area contributed by atoms with Crippen molar-refractivity contribution in [3.05, 3.63) is 0 Å². The molecule has 0 aromatic heterocycles. The molecule has 0 amide bonds. The molecule has 3 nitrogen and oxygen atoms in total. The zero-order valence-electron chi connectivity index (χ0n) is 8.79. The molecule has 0 spiro atoms. The Morgan fingerprint density at radius 1 is 1.46 bits per heavy atom. The predicted molar refractivity (Wildman–Crippen MR) is 52.8 cm³/mol. The Labute approximate surface area is 80.5 Å². The molecule has 1 aliphatic rings. The van der Waals surface area contributed by atoms with Gasteiger partial charge in [-0.15, -0.1) is 0 Å². The molecule has 0 saturated carbocycles. The van der Waals surface area contributed by atoms with Gasteiger partial charge in [-0.2, -0.15) is 0 Å². The second kappa shape index (κ2) is 4.72. The Hall–Kier alpha value is -0.410. The van der Waals surface area contributed by atoms with E-state index < -0.39 is 0 Å². The molecule has 2 unspecified atom stereocenters. The Morgan fingerprint density at radius 2 is 2.15 bits per heavy atom. The molecule has 0 N–H and O–H groups in total. The molecular formula is C10H19N2O. The van der Waals surface area contributed by atoms with Gasteiger partial charge in [-0.1, -0.05) is 6.42 Å². The van der Waals surface area contributed by atoms with Crippen molar-refractivity contribution in [1.29, 1.82) is 0 Å². The molecule has 1 heterocycles. The molecule has 3 heteroatoms. The van der Waals surface area contributed by atoms with Gasteiger partial charge in [-0.25, -0.2) is 5.32 Å². The monoisotopic (exact) mass is 183 g/mol. The van der Waals surface area contributed by atoms with Gasteiger partial charge in [0.2, 0.25) is 0 Å². The van der Waals surface area contributed by atoms with E-state index in [2.05, 4.69) is 5.32 Å². The van der Waals surface area contributed by atoms with E-state index >= 15 is 0 Å². The third-order valence-corrected chi connectivity index (χ3v) is 2.75. The summed E-state index contributed by atoms with van der Waals surface area (Å²) in [6.45, 7) is 2.82. The van der Waals surface area contributed by atoms with Gasteiger partial charge in [0.05, 0.1) is 12.1 Å². The third-order valence-electron chi connectivity index (χ3n) is 2.75. The SMILES string of the molecule is CC(C(=O)C1CCCC[N]1)N(C)C. The van der Waals surface area contributed by atoms with Gasteiger partial charge in [-0.05, 0) is 33.9 Å². The summed E-state index contributed by atoms with van der Waals surface area (Å²) >= 11 is 0. The first-order valence-electron chi connectivity index (χ1n) is 4.99. The van der Waals surface area contributed by atoms with Crippen molar-refractivity contribution < 1.29 is 4.79 Å². The highest BCUT2D eigenvalue weighted by molar-refractivity contribution is 5.88. The quantitative estimate of drug-likeness (QED) is 0.644. The number of piperidine rings is 1. The first-order valence-corrected chi connectivity index (χ1v) is 4.99. The van der Waals surface area contributed by atoms with Crippen molar-refractivity contribution in [2.75, 3.05) is 20.6 Å². The van der Waals surface area contributed by atoms with E-state index in [1.54, 1.807) is 0 Å². The van der Waals surface area contributed by atoms with Crippen molar-refractivity contribution in [2.45, 2.75) is 38.3 Å². The Morgan fingerprint density at radius 3 is 2.62 bits per heavy atom. The van der Waals surface area contributed by atoms with Crippen LogP contribution in [0.5, 0.6) is 0 Å². The highest BCUT2D eigenvalue weighted by Gasteiger charge is 2.26. The van der Waals surface area contributed by atoms with E-state index in [1.165, 1.54) is 0 Å². The van der Waals surface area contributed by atoms with Gasteiger partial charge in [0.25, 0.3) is 0 Å². The van der Waals surface area contributed by atoms with E-state index in [9.17, 15) is 4.79 Å². The van der Waals surface area contributed by atoms with Gasteiger partial charge in [0.15, 0.2) is 5.78 Å². The van der Waals surface area contributed by atoms with E-state index in [0.29, 0.717) is 0 Å². The number of likely N-dealkylation sites (N-methyl/N-ethyl adjacent to an activating group) is 1. The number of rotatable bonds is 3. The van der Waals surface area contributed by atoms with Gasteiger partial charge < -0.3 is 0 Å². The molecule has 1 radical (unpaired) electrons. The topological polar surface area (TPSA) is 34.4 Å². The second-order valence-corrected chi connectivity index (χ2v) is 3.96. The first-order chi connectivity index (χ1) is 6.13. The minimum absolute atomic E-state index is 0.00634. The first kappa shape index (κ1) is 10.7. The Balaban J connectivity index is 2.45. The lowest BCUT2D eigenvalue weighted by molar-refractivity contribution is -0.125. The molecule has 13 heavy (non-hydrogen) atoms. The maximum absolute atomic E-state index is 11.8. The highest BCUT2D eigenvalue weighted by atomic mass is 16.1. The van der Waals surface area contributed by atoms with Crippen molar-refractivity contribution in [3.63, 3.8) is 0 Å². The van der Waals surface area contributed by atoms with Crippen LogP contribution in [0, 0.1) is 0 Å². The largest absolute Gasteiger partial charge is 0.300 e. The van der Waals surface area contributed by atoms with E-state index in [4.69, 9.17) is 0 Å². The predicted octanol–water partition coefficient (Wildman–Crippen LogP) is 0.662. The van der Waals surface area contributed by atoms with Crippen LogP contribution in [-0.2, 0) is 4.79 Å². The van der Waals surface area contributed by atoms with Crippen molar-refractivity contribution in [2.24, 2.45) is 0 Å². The summed E-state index contributed by atoms with van der Waals surface area (Å²) in [5, 5.41) is 4.36. The zero-order chi connectivity index (χ0) is 9.84. The van der Waals surface area contributed by atoms with Crippen molar-refractivity contribution in [3.8, 4) is 0 Å². The Kier molecular flexibility index (Phi) is 3.88. The van der Waals surface area contributed by atoms with Gasteiger partial charge in [-0.3, -0.25) is 9.69 Å². The van der Waals surface area contributed by atoms with Gasteiger partial charge in [0, 0.05) is 6.54 Å². The molecule has 1 aliphatic heterocycles. The number of Topliss-reactive ketones (excluding diaryl/α,β-unsaturated/α-hetero) is 1. The normalized spacial score (nSPS) is 26.0. The molecule has 1 saturated heterocycles. The molecule has 1 fully saturated rings. The van der Waals surface area contributed by atoms with Crippen LogP contribution in [0.1, 0.15) is 26.2 Å².